The van der Waals surface area contributed by atoms with Gasteiger partial charge in [0.05, 0.1) is 0 Å². The summed E-state index contributed by atoms with van der Waals surface area (Å²) < 4.78 is 0. The van der Waals surface area contributed by atoms with Gasteiger partial charge in [-0.05, 0) is 17.8 Å². The second kappa shape index (κ2) is 4.88. The van der Waals surface area contributed by atoms with Crippen molar-refractivity contribution < 1.29 is 0 Å². The predicted molar refractivity (Wildman–Crippen MR) is 77.8 cm³/mol. The molecule has 3 heteroatoms. The highest BCUT2D eigenvalue weighted by atomic mass is 32.1. The van der Waals surface area contributed by atoms with Crippen molar-refractivity contribution in [3.05, 3.63) is 53.5 Å². The molecule has 18 heavy (non-hydrogen) atoms. The zero-order valence-corrected chi connectivity index (χ0v) is 11.0. The first kappa shape index (κ1) is 11.4. The molecule has 0 fully saturated rings. The molecule has 0 saturated heterocycles. The van der Waals surface area contributed by atoms with E-state index in [1.165, 1.54) is 21.2 Å². The van der Waals surface area contributed by atoms with Crippen molar-refractivity contribution in [1.29, 1.82) is 0 Å². The second-order valence-electron chi connectivity index (χ2n) is 4.19. The van der Waals surface area contributed by atoms with Crippen LogP contribution in [-0.2, 0) is 6.54 Å². The van der Waals surface area contributed by atoms with E-state index in [4.69, 9.17) is 0 Å². The molecule has 0 saturated carbocycles. The van der Waals surface area contributed by atoms with E-state index in [1.54, 1.807) is 11.3 Å². The minimum absolute atomic E-state index is 0.877. The second-order valence-corrected chi connectivity index (χ2v) is 5.30. The maximum absolute atomic E-state index is 4.53. The van der Waals surface area contributed by atoms with Crippen molar-refractivity contribution in [2.45, 2.75) is 6.54 Å². The molecule has 0 aliphatic carbocycles. The van der Waals surface area contributed by atoms with Crippen molar-refractivity contribution in [2.24, 2.45) is 0 Å². The van der Waals surface area contributed by atoms with Gasteiger partial charge in [0.1, 0.15) is 5.01 Å². The van der Waals surface area contributed by atoms with Gasteiger partial charge in [-0.15, -0.1) is 11.3 Å². The molecular formula is C15H14N2S. The summed E-state index contributed by atoms with van der Waals surface area (Å²) in [6.45, 7) is 0.877. The largest absolute Gasteiger partial charge is 0.315 e. The molecule has 3 aromatic rings. The van der Waals surface area contributed by atoms with Crippen molar-refractivity contribution >= 4 is 22.1 Å². The Kier molecular flexibility index (Phi) is 3.09. The van der Waals surface area contributed by atoms with E-state index in [0.29, 0.717) is 0 Å². The number of aromatic nitrogens is 1. The molecule has 1 N–H and O–H groups in total. The molecule has 0 atom stereocenters. The summed E-state index contributed by atoms with van der Waals surface area (Å²) in [7, 11) is 1.96. The van der Waals surface area contributed by atoms with Crippen LogP contribution in [0.2, 0.25) is 0 Å². The fraction of sp³-hybridized carbons (Fsp3) is 0.133. The van der Waals surface area contributed by atoms with Gasteiger partial charge in [0.25, 0.3) is 0 Å². The van der Waals surface area contributed by atoms with Gasteiger partial charge < -0.3 is 5.32 Å². The minimum Gasteiger partial charge on any atom is -0.315 e. The number of nitrogens with one attached hydrogen (secondary N) is 1. The van der Waals surface area contributed by atoms with Crippen LogP contribution in [0.25, 0.3) is 21.3 Å². The number of fused-ring (bicyclic) bond motifs is 1. The smallest absolute Gasteiger partial charge is 0.124 e. The molecule has 3 rings (SSSR count). The highest BCUT2D eigenvalue weighted by molar-refractivity contribution is 7.15. The van der Waals surface area contributed by atoms with E-state index in [0.717, 1.165) is 11.6 Å². The molecule has 0 aliphatic heterocycles. The summed E-state index contributed by atoms with van der Waals surface area (Å²) in [5, 5.41) is 6.78. The van der Waals surface area contributed by atoms with Crippen LogP contribution in [0.4, 0.5) is 0 Å². The highest BCUT2D eigenvalue weighted by Gasteiger charge is 2.07. The third kappa shape index (κ3) is 2.03. The van der Waals surface area contributed by atoms with Crippen LogP contribution in [0.5, 0.6) is 0 Å². The third-order valence-electron chi connectivity index (χ3n) is 2.92. The fourth-order valence-electron chi connectivity index (χ4n) is 2.10. The van der Waals surface area contributed by atoms with Gasteiger partial charge in [-0.3, -0.25) is 0 Å². The SMILES string of the molecule is CNCc1cnc(-c2cccc3ccccc23)s1. The molecule has 0 aliphatic rings. The van der Waals surface area contributed by atoms with Crippen molar-refractivity contribution in [3.63, 3.8) is 0 Å². The molecule has 0 spiro atoms. The number of nitrogens with zero attached hydrogens (tertiary/aromatic N) is 1. The Labute approximate surface area is 110 Å². The lowest BCUT2D eigenvalue weighted by molar-refractivity contribution is 0.829. The predicted octanol–water partition coefficient (Wildman–Crippen LogP) is 3.68. The van der Waals surface area contributed by atoms with Crippen molar-refractivity contribution in [3.8, 4) is 10.6 Å². The lowest BCUT2D eigenvalue weighted by atomic mass is 10.1. The number of hydrogen-bond donors (Lipinski definition) is 1. The van der Waals surface area contributed by atoms with E-state index in [2.05, 4.69) is 52.8 Å². The Morgan fingerprint density at radius 1 is 1.11 bits per heavy atom. The zero-order chi connectivity index (χ0) is 12.4. The molecule has 0 unspecified atom stereocenters. The van der Waals surface area contributed by atoms with Gasteiger partial charge in [-0.25, -0.2) is 4.98 Å². The average Bonchev–Trinajstić information content (AvgIpc) is 2.87. The number of benzene rings is 2. The quantitative estimate of drug-likeness (QED) is 0.771. The summed E-state index contributed by atoms with van der Waals surface area (Å²) in [6.07, 6.45) is 1.96. The average molecular weight is 254 g/mol. The van der Waals surface area contributed by atoms with Gasteiger partial charge in [0.2, 0.25) is 0 Å². The molecule has 0 amide bonds. The lowest BCUT2D eigenvalue weighted by Gasteiger charge is -2.02. The number of thiazole rings is 1. The van der Waals surface area contributed by atoms with Crippen LogP contribution in [0.3, 0.4) is 0 Å². The molecule has 1 heterocycles. The minimum atomic E-state index is 0.877. The van der Waals surface area contributed by atoms with Crippen LogP contribution < -0.4 is 5.32 Å². The maximum atomic E-state index is 4.53. The third-order valence-corrected chi connectivity index (χ3v) is 3.96. The van der Waals surface area contributed by atoms with Crippen molar-refractivity contribution in [2.75, 3.05) is 7.05 Å². The summed E-state index contributed by atoms with van der Waals surface area (Å²) in [5.41, 5.74) is 1.22. The Hall–Kier alpha value is -1.71. The Balaban J connectivity index is 2.12. The van der Waals surface area contributed by atoms with Crippen LogP contribution in [0.15, 0.2) is 48.7 Å². The summed E-state index contributed by atoms with van der Waals surface area (Å²) >= 11 is 1.75. The van der Waals surface area contributed by atoms with E-state index < -0.39 is 0 Å². The summed E-state index contributed by atoms with van der Waals surface area (Å²) in [4.78, 5) is 5.80. The standard InChI is InChI=1S/C15H14N2S/c1-16-9-12-10-17-15(18-12)14-8-4-6-11-5-2-3-7-13(11)14/h2-8,10,16H,9H2,1H3. The van der Waals surface area contributed by atoms with Gasteiger partial charge in [-0.2, -0.15) is 0 Å². The lowest BCUT2D eigenvalue weighted by Crippen LogP contribution is -2.02. The zero-order valence-electron chi connectivity index (χ0n) is 10.2. The first-order chi connectivity index (χ1) is 8.88. The number of hydrogen-bond acceptors (Lipinski definition) is 3. The molecule has 90 valence electrons. The van der Waals surface area contributed by atoms with Crippen LogP contribution in [0, 0.1) is 0 Å². The monoisotopic (exact) mass is 254 g/mol. The van der Waals surface area contributed by atoms with Gasteiger partial charge >= 0.3 is 0 Å². The fourth-order valence-corrected chi connectivity index (χ4v) is 3.06. The molecule has 0 bridgehead atoms. The molecule has 1 aromatic heterocycles. The first-order valence-electron chi connectivity index (χ1n) is 5.96. The molecule has 2 aromatic carbocycles. The van der Waals surface area contributed by atoms with E-state index >= 15 is 0 Å². The van der Waals surface area contributed by atoms with E-state index in [9.17, 15) is 0 Å². The molecule has 0 radical (unpaired) electrons. The van der Waals surface area contributed by atoms with Crippen LogP contribution in [0.1, 0.15) is 4.88 Å². The van der Waals surface area contributed by atoms with Gasteiger partial charge in [0.15, 0.2) is 0 Å². The topological polar surface area (TPSA) is 24.9 Å². The van der Waals surface area contributed by atoms with Crippen LogP contribution in [-0.4, -0.2) is 12.0 Å². The number of rotatable bonds is 3. The first-order valence-corrected chi connectivity index (χ1v) is 6.77. The molecule has 2 nitrogen and oxygen atoms in total. The molecular weight excluding hydrogens is 240 g/mol. The Morgan fingerprint density at radius 3 is 2.83 bits per heavy atom. The van der Waals surface area contributed by atoms with Crippen molar-refractivity contribution in [1.82, 2.24) is 10.3 Å². The Bertz CT molecular complexity index is 668. The van der Waals surface area contributed by atoms with E-state index in [-0.39, 0.29) is 0 Å². The highest BCUT2D eigenvalue weighted by Crippen LogP contribution is 2.31. The van der Waals surface area contributed by atoms with Crippen LogP contribution >= 0.6 is 11.3 Å². The van der Waals surface area contributed by atoms with Gasteiger partial charge in [-0.1, -0.05) is 42.5 Å². The van der Waals surface area contributed by atoms with E-state index in [1.807, 2.05) is 13.2 Å². The summed E-state index contributed by atoms with van der Waals surface area (Å²) in [6, 6.07) is 14.8. The maximum Gasteiger partial charge on any atom is 0.124 e. The Morgan fingerprint density at radius 2 is 1.94 bits per heavy atom. The normalized spacial score (nSPS) is 10.9. The van der Waals surface area contributed by atoms with Gasteiger partial charge in [0, 0.05) is 23.2 Å². The summed E-state index contributed by atoms with van der Waals surface area (Å²) in [5.74, 6) is 0.